The summed E-state index contributed by atoms with van der Waals surface area (Å²) in [6.07, 6.45) is 18.5. The van der Waals surface area contributed by atoms with Crippen LogP contribution >= 0.6 is 0 Å². The zero-order valence-corrected chi connectivity index (χ0v) is 36.6. The van der Waals surface area contributed by atoms with Gasteiger partial charge in [0, 0.05) is 37.4 Å². The minimum atomic E-state index is -0.459. The van der Waals surface area contributed by atoms with Crippen LogP contribution in [0, 0.1) is 33.5 Å². The number of nitrogens with one attached hydrogen (secondary N) is 3. The van der Waals surface area contributed by atoms with Crippen LogP contribution in [0.15, 0.2) is 54.6 Å². The monoisotopic (exact) mass is 817 g/mol. The molecule has 2 amide bonds. The first-order valence-corrected chi connectivity index (χ1v) is 24.4. The van der Waals surface area contributed by atoms with Crippen LogP contribution in [0.4, 0.5) is 0 Å². The predicted molar refractivity (Wildman–Crippen MR) is 234 cm³/mol. The molecule has 1 aliphatic heterocycles. The number of benzene rings is 2. The maximum absolute atomic E-state index is 15.1. The van der Waals surface area contributed by atoms with E-state index in [0.717, 1.165) is 116 Å². The topological polar surface area (TPSA) is 115 Å². The second-order valence-electron chi connectivity index (χ2n) is 23.2. The lowest BCUT2D eigenvalue weighted by Gasteiger charge is -2.70. The SMILES string of the molecule is CCOC[C@]12CC3CC(C(=O)NC4CC5CNC4C5)(C1)C[C@@](c1ccc(C45CC6(C(=O)N[C@H]7CC[C@@H](N)CC7)C[C@](COCC)(C4)C[C@@](c4ccccc4)(C6)C5)cc1)(C3)C2. The van der Waals surface area contributed by atoms with Gasteiger partial charge in [0.15, 0.2) is 0 Å². The van der Waals surface area contributed by atoms with Gasteiger partial charge in [0.05, 0.1) is 24.0 Å². The molecule has 2 aromatic carbocycles. The van der Waals surface area contributed by atoms with Crippen molar-refractivity contribution in [3.05, 3.63) is 71.3 Å². The Balaban J connectivity index is 0.950. The van der Waals surface area contributed by atoms with E-state index in [1.165, 1.54) is 36.0 Å². The molecule has 1 saturated heterocycles. The molecule has 8 nitrogen and oxygen atoms in total. The summed E-state index contributed by atoms with van der Waals surface area (Å²) in [5.41, 5.74) is 9.43. The van der Waals surface area contributed by atoms with Crippen molar-refractivity contribution < 1.29 is 19.1 Å². The quantitative estimate of drug-likeness (QED) is 0.165. The maximum Gasteiger partial charge on any atom is 0.226 e. The Labute approximate surface area is 359 Å². The minimum absolute atomic E-state index is 0.0358. The summed E-state index contributed by atoms with van der Waals surface area (Å²) in [5.74, 6) is 1.85. The van der Waals surface area contributed by atoms with Crippen LogP contribution in [-0.4, -0.2) is 69.0 Å². The van der Waals surface area contributed by atoms with Crippen LogP contribution < -0.4 is 21.7 Å². The summed E-state index contributed by atoms with van der Waals surface area (Å²) in [6, 6.07) is 22.3. The Hall–Kier alpha value is -2.78. The molecule has 0 radical (unpaired) electrons. The van der Waals surface area contributed by atoms with Gasteiger partial charge in [-0.15, -0.1) is 0 Å². The lowest BCUT2D eigenvalue weighted by Crippen LogP contribution is -2.68. The van der Waals surface area contributed by atoms with E-state index in [1.807, 2.05) is 0 Å². The van der Waals surface area contributed by atoms with Gasteiger partial charge in [-0.3, -0.25) is 9.59 Å². The van der Waals surface area contributed by atoms with Crippen molar-refractivity contribution in [2.24, 2.45) is 39.2 Å². The highest BCUT2D eigenvalue weighted by molar-refractivity contribution is 5.85. The molecule has 10 saturated carbocycles. The third kappa shape index (κ3) is 6.40. The first-order chi connectivity index (χ1) is 28.9. The Bertz CT molecular complexity index is 1970. The molecule has 60 heavy (non-hydrogen) atoms. The van der Waals surface area contributed by atoms with E-state index < -0.39 is 5.41 Å². The number of nitrogens with two attached hydrogens (primary N) is 1. The summed E-state index contributed by atoms with van der Waals surface area (Å²) < 4.78 is 12.8. The average Bonchev–Trinajstić information content (AvgIpc) is 3.87. The van der Waals surface area contributed by atoms with Gasteiger partial charge >= 0.3 is 0 Å². The number of amides is 2. The number of rotatable bonds is 13. The molecule has 7 unspecified atom stereocenters. The highest BCUT2D eigenvalue weighted by Gasteiger charge is 2.71. The van der Waals surface area contributed by atoms with E-state index in [0.29, 0.717) is 37.0 Å². The zero-order valence-electron chi connectivity index (χ0n) is 36.6. The van der Waals surface area contributed by atoms with Gasteiger partial charge in [0.25, 0.3) is 0 Å². The third-order valence-electron chi connectivity index (χ3n) is 18.8. The number of hydrogen-bond donors (Lipinski definition) is 4. The van der Waals surface area contributed by atoms with Gasteiger partial charge in [-0.05, 0) is 192 Å². The molecule has 10 aliphatic carbocycles. The lowest BCUT2D eigenvalue weighted by atomic mass is 9.33. The van der Waals surface area contributed by atoms with Crippen molar-refractivity contribution in [3.8, 4) is 0 Å². The molecular weight excluding hydrogens is 745 g/mol. The van der Waals surface area contributed by atoms with Crippen molar-refractivity contribution in [2.45, 2.75) is 170 Å². The van der Waals surface area contributed by atoms with E-state index in [2.05, 4.69) is 84.4 Å². The Kier molecular flexibility index (Phi) is 9.59. The van der Waals surface area contributed by atoms with Crippen LogP contribution in [0.2, 0.25) is 0 Å². The summed E-state index contributed by atoms with van der Waals surface area (Å²) >= 11 is 0. The number of hydrogen-bond acceptors (Lipinski definition) is 6. The highest BCUT2D eigenvalue weighted by Crippen LogP contribution is 2.75. The first kappa shape index (κ1) is 40.0. The van der Waals surface area contributed by atoms with Gasteiger partial charge in [-0.2, -0.15) is 0 Å². The zero-order chi connectivity index (χ0) is 41.0. The molecule has 5 N–H and O–H groups in total. The molecule has 324 valence electrons. The van der Waals surface area contributed by atoms with Gasteiger partial charge < -0.3 is 31.2 Å². The van der Waals surface area contributed by atoms with Gasteiger partial charge in [0.2, 0.25) is 11.8 Å². The molecule has 13 rings (SSSR count). The van der Waals surface area contributed by atoms with Gasteiger partial charge in [-0.1, -0.05) is 54.6 Å². The normalized spacial score (nSPS) is 45.6. The molecule has 0 spiro atoms. The molecule has 11 atom stereocenters. The van der Waals surface area contributed by atoms with Crippen LogP contribution in [-0.2, 0) is 35.3 Å². The smallest absolute Gasteiger partial charge is 0.226 e. The first-order valence-electron chi connectivity index (χ1n) is 24.4. The van der Waals surface area contributed by atoms with E-state index in [1.54, 1.807) is 0 Å². The number of piperidine rings is 1. The molecule has 8 heteroatoms. The van der Waals surface area contributed by atoms with Crippen molar-refractivity contribution in [1.82, 2.24) is 16.0 Å². The maximum atomic E-state index is 15.1. The van der Waals surface area contributed by atoms with Crippen molar-refractivity contribution >= 4 is 11.8 Å². The number of carbonyl (C=O) groups excluding carboxylic acids is 2. The second-order valence-corrected chi connectivity index (χ2v) is 23.2. The summed E-state index contributed by atoms with van der Waals surface area (Å²) in [4.78, 5) is 29.9. The lowest BCUT2D eigenvalue weighted by molar-refractivity contribution is -0.180. The number of ether oxygens (including phenoxy) is 2. The number of fused-ring (bicyclic) bond motifs is 2. The second kappa shape index (κ2) is 14.4. The molecule has 10 bridgehead atoms. The summed E-state index contributed by atoms with van der Waals surface area (Å²) in [7, 11) is 0. The van der Waals surface area contributed by atoms with Crippen molar-refractivity contribution in [2.75, 3.05) is 33.0 Å². The van der Waals surface area contributed by atoms with Crippen LogP contribution in [0.5, 0.6) is 0 Å². The largest absolute Gasteiger partial charge is 0.381 e. The molecular formula is C52H72N4O4. The molecule has 0 aromatic heterocycles. The standard InChI is InChI=1S/C52H72N4O4/c1-3-59-33-46-20-36-21-48(24-46,29-49(22-36,25-46)44(57)56-43-19-35-18-42(43)54-23-35)38-10-12-39(13-11-38)51-27-47(34-60-4-2)26-50(30-51,37-8-6-5-7-9-37)31-52(28-47,32-51)45(58)55-41-16-14-40(53)15-17-41/h5-13,35-36,40-43,54H,3-4,14-34,53H2,1-2H3,(H,55,58)(H,56,57)/t35?,36?,40-,41+,42?,43?,46-,47+,48+,49?,50-,51?,52?/m0/s1. The molecule has 11 fully saturated rings. The Morgan fingerprint density at radius 3 is 1.88 bits per heavy atom. The van der Waals surface area contributed by atoms with E-state index in [9.17, 15) is 4.79 Å². The van der Waals surface area contributed by atoms with E-state index in [-0.39, 0.29) is 56.5 Å². The fourth-order valence-corrected chi connectivity index (χ4v) is 17.8. The third-order valence-corrected chi connectivity index (χ3v) is 18.8. The summed E-state index contributed by atoms with van der Waals surface area (Å²) in [5, 5.41) is 11.0. The molecule has 2 aromatic rings. The fraction of sp³-hybridized carbons (Fsp3) is 0.731. The summed E-state index contributed by atoms with van der Waals surface area (Å²) in [6.45, 7) is 8.21. The fourth-order valence-electron chi connectivity index (χ4n) is 17.8. The Morgan fingerprint density at radius 2 is 1.23 bits per heavy atom. The van der Waals surface area contributed by atoms with Crippen molar-refractivity contribution in [3.63, 3.8) is 0 Å². The van der Waals surface area contributed by atoms with E-state index in [4.69, 9.17) is 15.2 Å². The van der Waals surface area contributed by atoms with Gasteiger partial charge in [0.1, 0.15) is 0 Å². The van der Waals surface area contributed by atoms with Gasteiger partial charge in [-0.25, -0.2) is 0 Å². The molecule has 1 heterocycles. The minimum Gasteiger partial charge on any atom is -0.381 e. The van der Waals surface area contributed by atoms with E-state index >= 15 is 4.79 Å². The molecule has 11 aliphatic rings. The average molecular weight is 817 g/mol. The van der Waals surface area contributed by atoms with Crippen molar-refractivity contribution in [1.29, 1.82) is 0 Å². The van der Waals surface area contributed by atoms with Crippen LogP contribution in [0.1, 0.15) is 146 Å². The predicted octanol–water partition coefficient (Wildman–Crippen LogP) is 7.75. The van der Waals surface area contributed by atoms with Crippen LogP contribution in [0.3, 0.4) is 0 Å². The Morgan fingerprint density at radius 1 is 0.633 bits per heavy atom. The van der Waals surface area contributed by atoms with Crippen LogP contribution in [0.25, 0.3) is 0 Å². The number of carbonyl (C=O) groups is 2. The highest BCUT2D eigenvalue weighted by atomic mass is 16.5.